The molecule has 0 aliphatic heterocycles. The zero-order chi connectivity index (χ0) is 23.3. The minimum Gasteiger partial charge on any atom is -0.495 e. The molecule has 11 heteroatoms. The van der Waals surface area contributed by atoms with E-state index in [1.165, 1.54) is 44.6 Å². The van der Waals surface area contributed by atoms with E-state index < -0.39 is 27.9 Å². The molecule has 9 nitrogen and oxygen atoms in total. The summed E-state index contributed by atoms with van der Waals surface area (Å²) >= 11 is 3.29. The van der Waals surface area contributed by atoms with Crippen molar-refractivity contribution < 1.29 is 27.2 Å². The molecular weight excluding hydrogens is 502 g/mol. The summed E-state index contributed by atoms with van der Waals surface area (Å²) in [4.78, 5) is 24.6. The number of sulfonamides is 1. The summed E-state index contributed by atoms with van der Waals surface area (Å²) in [5.74, 6) is -0.807. The average Bonchev–Trinajstić information content (AvgIpc) is 3.30. The summed E-state index contributed by atoms with van der Waals surface area (Å²) in [7, 11) is -2.54. The first-order chi connectivity index (χ1) is 15.2. The number of methoxy groups -OCH3 is 1. The second-order valence-electron chi connectivity index (χ2n) is 6.64. The molecule has 0 unspecified atom stereocenters. The van der Waals surface area contributed by atoms with Crippen molar-refractivity contribution in [2.45, 2.75) is 17.9 Å². The SMILES string of the molecule is COc1ccc(S(=O)(=O)Nc2ccc(Br)cc2)cc1NC(=O)[C@H](C)NC(=O)c1ccco1. The third-order valence-corrected chi connectivity index (χ3v) is 6.23. The molecule has 0 aliphatic rings. The van der Waals surface area contributed by atoms with E-state index in [4.69, 9.17) is 9.15 Å². The minimum absolute atomic E-state index is 0.0642. The van der Waals surface area contributed by atoms with Crippen molar-refractivity contribution >= 4 is 49.1 Å². The molecule has 3 rings (SSSR count). The summed E-state index contributed by atoms with van der Waals surface area (Å²) < 4.78 is 39.1. The van der Waals surface area contributed by atoms with Gasteiger partial charge in [-0.1, -0.05) is 15.9 Å². The Bertz CT molecular complexity index is 1210. The first-order valence-electron chi connectivity index (χ1n) is 9.31. The van der Waals surface area contributed by atoms with Gasteiger partial charge in [-0.15, -0.1) is 0 Å². The molecule has 1 heterocycles. The third kappa shape index (κ3) is 5.68. The molecule has 32 heavy (non-hydrogen) atoms. The van der Waals surface area contributed by atoms with Gasteiger partial charge in [0.2, 0.25) is 5.91 Å². The topological polar surface area (TPSA) is 127 Å². The van der Waals surface area contributed by atoms with Crippen LogP contribution in [0.3, 0.4) is 0 Å². The van der Waals surface area contributed by atoms with Gasteiger partial charge in [-0.2, -0.15) is 0 Å². The van der Waals surface area contributed by atoms with Crippen molar-refractivity contribution in [3.8, 4) is 5.75 Å². The van der Waals surface area contributed by atoms with E-state index in [9.17, 15) is 18.0 Å². The highest BCUT2D eigenvalue weighted by Crippen LogP contribution is 2.29. The molecular formula is C21H20BrN3O6S. The molecule has 0 radical (unpaired) electrons. The van der Waals surface area contributed by atoms with Crippen molar-refractivity contribution in [2.24, 2.45) is 0 Å². The van der Waals surface area contributed by atoms with Crippen LogP contribution in [0.4, 0.5) is 11.4 Å². The number of carbonyl (C=O) groups is 2. The van der Waals surface area contributed by atoms with Crippen LogP contribution in [0.25, 0.3) is 0 Å². The number of nitrogens with one attached hydrogen (secondary N) is 3. The number of amides is 2. The number of rotatable bonds is 8. The zero-order valence-corrected chi connectivity index (χ0v) is 19.5. The second-order valence-corrected chi connectivity index (χ2v) is 9.23. The summed E-state index contributed by atoms with van der Waals surface area (Å²) in [6, 6.07) is 12.8. The maximum Gasteiger partial charge on any atom is 0.287 e. The van der Waals surface area contributed by atoms with Gasteiger partial charge in [0.05, 0.1) is 24.0 Å². The van der Waals surface area contributed by atoms with E-state index >= 15 is 0 Å². The van der Waals surface area contributed by atoms with Gasteiger partial charge in [-0.25, -0.2) is 8.42 Å². The molecule has 0 saturated heterocycles. The van der Waals surface area contributed by atoms with E-state index in [1.54, 1.807) is 30.3 Å². The van der Waals surface area contributed by atoms with E-state index in [1.807, 2.05) is 0 Å². The Morgan fingerprint density at radius 2 is 1.81 bits per heavy atom. The summed E-state index contributed by atoms with van der Waals surface area (Å²) in [6.07, 6.45) is 1.35. The van der Waals surface area contributed by atoms with Crippen LogP contribution < -0.4 is 20.1 Å². The van der Waals surface area contributed by atoms with Crippen molar-refractivity contribution in [3.05, 3.63) is 71.1 Å². The van der Waals surface area contributed by atoms with E-state index in [-0.39, 0.29) is 22.1 Å². The molecule has 2 amide bonds. The number of furan rings is 1. The van der Waals surface area contributed by atoms with Gasteiger partial charge in [0.15, 0.2) is 5.76 Å². The Balaban J connectivity index is 1.77. The summed E-state index contributed by atoms with van der Waals surface area (Å²) in [6.45, 7) is 1.48. The fourth-order valence-corrected chi connectivity index (χ4v) is 4.01. The summed E-state index contributed by atoms with van der Waals surface area (Å²) in [5.41, 5.74) is 0.513. The molecule has 0 saturated carbocycles. The molecule has 3 aromatic rings. The first-order valence-corrected chi connectivity index (χ1v) is 11.6. The molecule has 168 valence electrons. The quantitative estimate of drug-likeness (QED) is 0.415. The standard InChI is InChI=1S/C21H20BrN3O6S/c1-13(23-21(27)19-4-3-11-31-19)20(26)24-17-12-16(9-10-18(17)30-2)32(28,29)25-15-7-5-14(22)6-8-15/h3-13,25H,1-2H3,(H,23,27)(H,24,26)/t13-/m0/s1. The van der Waals surface area contributed by atoms with Crippen LogP contribution in [0.2, 0.25) is 0 Å². The van der Waals surface area contributed by atoms with Crippen molar-refractivity contribution in [1.82, 2.24) is 5.32 Å². The van der Waals surface area contributed by atoms with E-state index in [0.717, 1.165) is 4.47 Å². The molecule has 1 aromatic heterocycles. The normalized spacial score (nSPS) is 12.0. The van der Waals surface area contributed by atoms with Gasteiger partial charge in [0, 0.05) is 10.2 Å². The van der Waals surface area contributed by atoms with E-state index in [0.29, 0.717) is 5.69 Å². The number of anilines is 2. The van der Waals surface area contributed by atoms with Crippen LogP contribution in [-0.2, 0) is 14.8 Å². The van der Waals surface area contributed by atoms with Crippen LogP contribution in [0.5, 0.6) is 5.75 Å². The van der Waals surface area contributed by atoms with Crippen LogP contribution in [0, 0.1) is 0 Å². The maximum atomic E-state index is 12.8. The fraction of sp³-hybridized carbons (Fsp3) is 0.143. The monoisotopic (exact) mass is 521 g/mol. The van der Waals surface area contributed by atoms with Crippen molar-refractivity contribution in [2.75, 3.05) is 17.1 Å². The molecule has 0 spiro atoms. The average molecular weight is 522 g/mol. The molecule has 2 aromatic carbocycles. The largest absolute Gasteiger partial charge is 0.495 e. The number of carbonyl (C=O) groups excluding carboxylic acids is 2. The number of benzene rings is 2. The Morgan fingerprint density at radius 3 is 2.44 bits per heavy atom. The number of ether oxygens (including phenoxy) is 1. The molecule has 0 bridgehead atoms. The third-order valence-electron chi connectivity index (χ3n) is 4.32. The predicted molar refractivity (Wildman–Crippen MR) is 122 cm³/mol. The number of halogens is 1. The maximum absolute atomic E-state index is 12.8. The lowest BCUT2D eigenvalue weighted by Gasteiger charge is -2.16. The Kier molecular flexibility index (Phi) is 7.21. The lowest BCUT2D eigenvalue weighted by atomic mass is 10.2. The highest BCUT2D eigenvalue weighted by molar-refractivity contribution is 9.10. The first kappa shape index (κ1) is 23.4. The van der Waals surface area contributed by atoms with Gasteiger partial charge >= 0.3 is 0 Å². The van der Waals surface area contributed by atoms with Gasteiger partial charge in [-0.05, 0) is 61.5 Å². The zero-order valence-electron chi connectivity index (χ0n) is 17.1. The van der Waals surface area contributed by atoms with Gasteiger partial charge in [-0.3, -0.25) is 14.3 Å². The molecule has 1 atom stereocenters. The predicted octanol–water partition coefficient (Wildman–Crippen LogP) is 3.61. The number of hydrogen-bond donors (Lipinski definition) is 3. The Hall–Kier alpha value is -3.31. The van der Waals surface area contributed by atoms with Gasteiger partial charge < -0.3 is 19.8 Å². The van der Waals surface area contributed by atoms with Crippen LogP contribution in [0.15, 0.2) is 74.6 Å². The smallest absolute Gasteiger partial charge is 0.287 e. The van der Waals surface area contributed by atoms with Crippen molar-refractivity contribution in [1.29, 1.82) is 0 Å². The second kappa shape index (κ2) is 9.88. The summed E-state index contributed by atoms with van der Waals surface area (Å²) in [5, 5.41) is 5.09. The molecule has 0 aliphatic carbocycles. The highest BCUT2D eigenvalue weighted by Gasteiger charge is 2.21. The number of hydrogen-bond acceptors (Lipinski definition) is 6. The highest BCUT2D eigenvalue weighted by atomic mass is 79.9. The Labute approximate surface area is 193 Å². The lowest BCUT2D eigenvalue weighted by molar-refractivity contribution is -0.117. The molecule has 3 N–H and O–H groups in total. The van der Waals surface area contributed by atoms with E-state index in [2.05, 4.69) is 31.3 Å². The Morgan fingerprint density at radius 1 is 1.09 bits per heavy atom. The van der Waals surface area contributed by atoms with Gasteiger partial charge in [0.1, 0.15) is 11.8 Å². The lowest BCUT2D eigenvalue weighted by Crippen LogP contribution is -2.41. The van der Waals surface area contributed by atoms with Crippen LogP contribution in [-0.4, -0.2) is 33.4 Å². The van der Waals surface area contributed by atoms with Crippen LogP contribution >= 0.6 is 15.9 Å². The van der Waals surface area contributed by atoms with Crippen LogP contribution in [0.1, 0.15) is 17.5 Å². The molecule has 0 fully saturated rings. The fourth-order valence-electron chi connectivity index (χ4n) is 2.67. The van der Waals surface area contributed by atoms with Crippen molar-refractivity contribution in [3.63, 3.8) is 0 Å². The van der Waals surface area contributed by atoms with Gasteiger partial charge in [0.25, 0.3) is 15.9 Å². The minimum atomic E-state index is -3.93.